The van der Waals surface area contributed by atoms with Gasteiger partial charge in [0.25, 0.3) is 0 Å². The van der Waals surface area contributed by atoms with Gasteiger partial charge in [-0.05, 0) is 38.8 Å². The molecule has 0 aliphatic carbocycles. The Bertz CT molecular complexity index is 780. The Labute approximate surface area is 159 Å². The average molecular weight is 371 g/mol. The Morgan fingerprint density at radius 3 is 2.81 bits per heavy atom. The largest absolute Gasteiger partial charge is 0.466 e. The Morgan fingerprint density at radius 2 is 2.07 bits per heavy atom. The van der Waals surface area contributed by atoms with E-state index >= 15 is 0 Å². The first-order valence-electron chi connectivity index (χ1n) is 9.38. The van der Waals surface area contributed by atoms with Crippen molar-refractivity contribution in [3.05, 3.63) is 35.7 Å². The summed E-state index contributed by atoms with van der Waals surface area (Å²) in [5.74, 6) is 1.08. The lowest BCUT2D eigenvalue weighted by Gasteiger charge is -2.28. The maximum atomic E-state index is 12.0. The molecule has 2 heterocycles. The molecule has 0 radical (unpaired) electrons. The van der Waals surface area contributed by atoms with E-state index in [-0.39, 0.29) is 17.8 Å². The number of aromatic nitrogens is 3. The van der Waals surface area contributed by atoms with Crippen molar-refractivity contribution >= 4 is 23.6 Å². The predicted octanol–water partition coefficient (Wildman–Crippen LogP) is 0.864. The number of nitrogen functional groups attached to an aromatic ring is 1. The molecule has 27 heavy (non-hydrogen) atoms. The molecule has 1 saturated heterocycles. The first-order valence-corrected chi connectivity index (χ1v) is 9.38. The van der Waals surface area contributed by atoms with Gasteiger partial charge < -0.3 is 20.7 Å². The van der Waals surface area contributed by atoms with Crippen molar-refractivity contribution in [1.29, 1.82) is 0 Å². The zero-order valence-corrected chi connectivity index (χ0v) is 15.9. The number of aryl methyl sites for hydroxylation is 1. The Balaban J connectivity index is 1.67. The summed E-state index contributed by atoms with van der Waals surface area (Å²) in [4.78, 5) is 26.2. The summed E-state index contributed by atoms with van der Waals surface area (Å²) in [6.07, 6.45) is 1.86. The lowest BCUT2D eigenvalue weighted by atomic mass is 9.98. The monoisotopic (exact) mass is 371 g/mol. The zero-order chi connectivity index (χ0) is 19.2. The topological polar surface area (TPSA) is 107 Å². The van der Waals surface area contributed by atoms with E-state index in [9.17, 15) is 4.79 Å². The molecule has 8 heteroatoms. The zero-order valence-electron chi connectivity index (χ0n) is 15.9. The van der Waals surface area contributed by atoms with Crippen molar-refractivity contribution in [2.24, 2.45) is 5.92 Å². The number of likely N-dealkylation sites (tertiary alicyclic amines) is 1. The van der Waals surface area contributed by atoms with Gasteiger partial charge in [-0.2, -0.15) is 15.0 Å². The number of carbonyl (C=O) groups is 1. The smallest absolute Gasteiger partial charge is 0.314 e. The number of rotatable bonds is 6. The van der Waals surface area contributed by atoms with Gasteiger partial charge in [0.2, 0.25) is 11.9 Å². The lowest BCUT2D eigenvalue weighted by Crippen LogP contribution is -3.12. The Kier molecular flexibility index (Phi) is 6.18. The Hall–Kier alpha value is -2.74. The van der Waals surface area contributed by atoms with Gasteiger partial charge in [0.1, 0.15) is 12.5 Å². The molecule has 1 aliphatic rings. The molecule has 144 valence electrons. The quantitative estimate of drug-likeness (QED) is 0.647. The van der Waals surface area contributed by atoms with E-state index in [4.69, 9.17) is 10.5 Å². The van der Waals surface area contributed by atoms with Gasteiger partial charge in [0.05, 0.1) is 19.7 Å². The van der Waals surface area contributed by atoms with Gasteiger partial charge in [-0.1, -0.05) is 17.7 Å². The molecule has 1 fully saturated rings. The van der Waals surface area contributed by atoms with Crippen molar-refractivity contribution in [3.8, 4) is 0 Å². The minimum absolute atomic E-state index is 0.0574. The minimum atomic E-state index is -0.105. The van der Waals surface area contributed by atoms with Crippen LogP contribution < -0.4 is 16.0 Å². The van der Waals surface area contributed by atoms with E-state index in [1.165, 1.54) is 10.5 Å². The molecule has 1 unspecified atom stereocenters. The maximum absolute atomic E-state index is 12.0. The molecule has 0 bridgehead atoms. The van der Waals surface area contributed by atoms with Crippen LogP contribution in [0.4, 0.5) is 17.6 Å². The number of piperidine rings is 1. The fourth-order valence-corrected chi connectivity index (χ4v) is 3.34. The molecule has 1 aliphatic heterocycles. The molecular formula is C19H27N6O2+. The van der Waals surface area contributed by atoms with E-state index in [1.54, 1.807) is 0 Å². The van der Waals surface area contributed by atoms with Crippen LogP contribution in [0.1, 0.15) is 31.2 Å². The third-order valence-corrected chi connectivity index (χ3v) is 4.65. The van der Waals surface area contributed by atoms with Crippen LogP contribution >= 0.6 is 0 Å². The standard InChI is InChI=1S/C19H26N6O2/c1-3-27-17(26)14-5-4-10-25(11-14)12-16-22-18(20)24-19(23-16)21-15-8-6-13(2)7-9-15/h6-9,14H,3-5,10-12H2,1-2H3,(H3,20,21,22,23,24)/p+1/t14-/m0/s1. The second-order valence-corrected chi connectivity index (χ2v) is 6.90. The van der Waals surface area contributed by atoms with Gasteiger partial charge >= 0.3 is 5.97 Å². The van der Waals surface area contributed by atoms with Gasteiger partial charge in [0.15, 0.2) is 5.82 Å². The van der Waals surface area contributed by atoms with Gasteiger partial charge in [-0.3, -0.25) is 4.79 Å². The summed E-state index contributed by atoms with van der Waals surface area (Å²) in [7, 11) is 0. The number of hydrogen-bond donors (Lipinski definition) is 3. The van der Waals surface area contributed by atoms with E-state index in [0.29, 0.717) is 24.9 Å². The summed E-state index contributed by atoms with van der Waals surface area (Å²) in [6, 6.07) is 7.96. The highest BCUT2D eigenvalue weighted by atomic mass is 16.5. The van der Waals surface area contributed by atoms with Crippen molar-refractivity contribution in [3.63, 3.8) is 0 Å². The van der Waals surface area contributed by atoms with E-state index in [1.807, 2.05) is 38.1 Å². The minimum Gasteiger partial charge on any atom is -0.466 e. The summed E-state index contributed by atoms with van der Waals surface area (Å²) in [6.45, 7) is 6.59. The number of quaternary nitrogens is 1. The second-order valence-electron chi connectivity index (χ2n) is 6.90. The fourth-order valence-electron chi connectivity index (χ4n) is 3.34. The van der Waals surface area contributed by atoms with Crippen LogP contribution in [0.2, 0.25) is 0 Å². The fraction of sp³-hybridized carbons (Fsp3) is 0.474. The van der Waals surface area contributed by atoms with Crippen LogP contribution in [0, 0.1) is 12.8 Å². The van der Waals surface area contributed by atoms with Gasteiger partial charge in [-0.25, -0.2) is 0 Å². The van der Waals surface area contributed by atoms with E-state index < -0.39 is 0 Å². The highest BCUT2D eigenvalue weighted by Crippen LogP contribution is 2.14. The molecule has 3 rings (SSSR count). The first kappa shape index (κ1) is 19.0. The normalized spacial score (nSPS) is 19.5. The van der Waals surface area contributed by atoms with Crippen molar-refractivity contribution in [1.82, 2.24) is 15.0 Å². The molecule has 0 saturated carbocycles. The van der Waals surface area contributed by atoms with Crippen LogP contribution in [0.25, 0.3) is 0 Å². The van der Waals surface area contributed by atoms with Crippen LogP contribution in [0.5, 0.6) is 0 Å². The Morgan fingerprint density at radius 1 is 1.30 bits per heavy atom. The number of carbonyl (C=O) groups excluding carboxylic acids is 1. The van der Waals surface area contributed by atoms with Crippen LogP contribution in [0.3, 0.4) is 0 Å². The number of anilines is 3. The van der Waals surface area contributed by atoms with Gasteiger partial charge in [-0.15, -0.1) is 0 Å². The van der Waals surface area contributed by atoms with Crippen molar-refractivity contribution in [2.75, 3.05) is 30.7 Å². The van der Waals surface area contributed by atoms with E-state index in [2.05, 4.69) is 20.3 Å². The molecule has 0 spiro atoms. The summed E-state index contributed by atoms with van der Waals surface area (Å²) < 4.78 is 5.17. The molecule has 8 nitrogen and oxygen atoms in total. The van der Waals surface area contributed by atoms with Crippen LogP contribution in [-0.2, 0) is 16.1 Å². The molecule has 0 amide bonds. The van der Waals surface area contributed by atoms with Crippen molar-refractivity contribution in [2.45, 2.75) is 33.2 Å². The van der Waals surface area contributed by atoms with Crippen molar-refractivity contribution < 1.29 is 14.4 Å². The molecule has 4 N–H and O–H groups in total. The van der Waals surface area contributed by atoms with Crippen LogP contribution in [-0.4, -0.2) is 40.6 Å². The van der Waals surface area contributed by atoms with Gasteiger partial charge in [0, 0.05) is 5.69 Å². The van der Waals surface area contributed by atoms with Crippen LogP contribution in [0.15, 0.2) is 24.3 Å². The third-order valence-electron chi connectivity index (χ3n) is 4.65. The molecular weight excluding hydrogens is 344 g/mol. The number of nitrogens with one attached hydrogen (secondary N) is 2. The maximum Gasteiger partial charge on any atom is 0.314 e. The number of benzene rings is 1. The number of nitrogens with zero attached hydrogens (tertiary/aromatic N) is 3. The highest BCUT2D eigenvalue weighted by Gasteiger charge is 2.30. The molecule has 1 aromatic heterocycles. The summed E-state index contributed by atoms with van der Waals surface area (Å²) in [5, 5.41) is 3.17. The third kappa shape index (κ3) is 5.37. The first-order chi connectivity index (χ1) is 13.0. The number of hydrogen-bond acceptors (Lipinski definition) is 7. The number of ether oxygens (including phenoxy) is 1. The SMILES string of the molecule is CCOC(=O)[C@H]1CCC[NH+](Cc2nc(N)nc(Nc3ccc(C)cc3)n2)C1. The highest BCUT2D eigenvalue weighted by molar-refractivity contribution is 5.72. The molecule has 2 atom stereocenters. The van der Waals surface area contributed by atoms with E-state index in [0.717, 1.165) is 31.6 Å². The molecule has 1 aromatic carbocycles. The predicted molar refractivity (Wildman–Crippen MR) is 102 cm³/mol. The summed E-state index contributed by atoms with van der Waals surface area (Å²) >= 11 is 0. The average Bonchev–Trinajstić information content (AvgIpc) is 2.63. The number of esters is 1. The second kappa shape index (κ2) is 8.77. The molecule has 2 aromatic rings. The number of nitrogens with two attached hydrogens (primary N) is 1. The summed E-state index contributed by atoms with van der Waals surface area (Å²) in [5.41, 5.74) is 7.95. The lowest BCUT2D eigenvalue weighted by molar-refractivity contribution is -0.921.